The second-order valence-electron chi connectivity index (χ2n) is 6.28. The molecule has 0 heterocycles. The third-order valence-electron chi connectivity index (χ3n) is 4.68. The Morgan fingerprint density at radius 1 is 1.21 bits per heavy atom. The molecule has 4 nitrogen and oxygen atoms in total. The van der Waals surface area contributed by atoms with Crippen molar-refractivity contribution >= 4 is 10.0 Å². The van der Waals surface area contributed by atoms with Crippen molar-refractivity contribution in [3.8, 4) is 0 Å². The lowest BCUT2D eigenvalue weighted by Gasteiger charge is -2.41. The van der Waals surface area contributed by atoms with Gasteiger partial charge >= 0.3 is 0 Å². The van der Waals surface area contributed by atoms with Crippen molar-refractivity contribution < 1.29 is 8.42 Å². The number of nitrogens with one attached hydrogen (secondary N) is 2. The monoisotopic (exact) mass is 288 g/mol. The number of hydrogen-bond acceptors (Lipinski definition) is 3. The van der Waals surface area contributed by atoms with Gasteiger partial charge in [-0.25, -0.2) is 13.1 Å². The summed E-state index contributed by atoms with van der Waals surface area (Å²) in [6.45, 7) is 3.77. The first kappa shape index (κ1) is 15.3. The van der Waals surface area contributed by atoms with E-state index in [4.69, 9.17) is 0 Å². The molecule has 0 aromatic heterocycles. The predicted octanol–water partition coefficient (Wildman–Crippen LogP) is 2.02. The second kappa shape index (κ2) is 6.55. The molecule has 0 saturated heterocycles. The molecule has 0 bridgehead atoms. The van der Waals surface area contributed by atoms with E-state index in [-0.39, 0.29) is 11.2 Å². The van der Waals surface area contributed by atoms with E-state index >= 15 is 0 Å². The third kappa shape index (κ3) is 5.04. The number of rotatable bonds is 10. The van der Waals surface area contributed by atoms with Gasteiger partial charge in [0.2, 0.25) is 10.0 Å². The molecule has 2 fully saturated rings. The summed E-state index contributed by atoms with van der Waals surface area (Å²) in [6.07, 6.45) is 8.99. The van der Waals surface area contributed by atoms with Crippen LogP contribution in [0.1, 0.15) is 58.3 Å². The van der Waals surface area contributed by atoms with E-state index in [1.165, 1.54) is 32.1 Å². The highest BCUT2D eigenvalue weighted by Gasteiger charge is 2.35. The van der Waals surface area contributed by atoms with Crippen molar-refractivity contribution in [1.29, 1.82) is 0 Å². The Labute approximate surface area is 117 Å². The van der Waals surface area contributed by atoms with Gasteiger partial charge in [0.05, 0.1) is 5.75 Å². The predicted molar refractivity (Wildman–Crippen MR) is 78.6 cm³/mol. The van der Waals surface area contributed by atoms with Crippen molar-refractivity contribution in [3.63, 3.8) is 0 Å². The first-order chi connectivity index (χ1) is 9.05. The molecule has 2 N–H and O–H groups in total. The van der Waals surface area contributed by atoms with Gasteiger partial charge in [0.15, 0.2) is 0 Å². The topological polar surface area (TPSA) is 58.2 Å². The van der Waals surface area contributed by atoms with Gasteiger partial charge in [-0.05, 0) is 56.9 Å². The van der Waals surface area contributed by atoms with Crippen molar-refractivity contribution in [2.75, 3.05) is 18.8 Å². The maximum Gasteiger partial charge on any atom is 0.211 e. The maximum atomic E-state index is 11.9. The summed E-state index contributed by atoms with van der Waals surface area (Å²) >= 11 is 0. The Bertz CT molecular complexity index is 367. The van der Waals surface area contributed by atoms with Crippen molar-refractivity contribution in [2.24, 2.45) is 5.41 Å². The Balaban J connectivity index is 1.58. The van der Waals surface area contributed by atoms with Crippen molar-refractivity contribution in [3.05, 3.63) is 0 Å². The van der Waals surface area contributed by atoms with Crippen LogP contribution >= 0.6 is 0 Å². The normalized spacial score (nSPS) is 22.2. The Hall–Kier alpha value is -0.130. The van der Waals surface area contributed by atoms with Crippen LogP contribution in [0.4, 0.5) is 0 Å². The molecule has 2 saturated carbocycles. The molecule has 0 spiro atoms. The van der Waals surface area contributed by atoms with Gasteiger partial charge in [0.25, 0.3) is 0 Å². The highest BCUT2D eigenvalue weighted by Crippen LogP contribution is 2.43. The second-order valence-corrected chi connectivity index (χ2v) is 8.21. The molecule has 2 rings (SSSR count). The number of sulfonamides is 1. The largest absolute Gasteiger partial charge is 0.314 e. The summed E-state index contributed by atoms with van der Waals surface area (Å²) in [6, 6.07) is 0.720. The van der Waals surface area contributed by atoms with E-state index in [1.54, 1.807) is 0 Å². The van der Waals surface area contributed by atoms with Gasteiger partial charge in [0, 0.05) is 12.6 Å². The first-order valence-electron chi connectivity index (χ1n) is 7.76. The lowest BCUT2D eigenvalue weighted by atomic mass is 9.67. The summed E-state index contributed by atoms with van der Waals surface area (Å²) in [5, 5.41) is 3.41. The van der Waals surface area contributed by atoms with E-state index in [0.29, 0.717) is 6.54 Å². The van der Waals surface area contributed by atoms with Gasteiger partial charge in [-0.3, -0.25) is 0 Å². The van der Waals surface area contributed by atoms with Crippen LogP contribution < -0.4 is 10.0 Å². The van der Waals surface area contributed by atoms with Gasteiger partial charge in [-0.1, -0.05) is 13.3 Å². The van der Waals surface area contributed by atoms with Gasteiger partial charge in [-0.2, -0.15) is 0 Å². The zero-order valence-corrected chi connectivity index (χ0v) is 12.9. The van der Waals surface area contributed by atoms with Crippen LogP contribution in [0.15, 0.2) is 0 Å². The van der Waals surface area contributed by atoms with E-state index in [9.17, 15) is 8.42 Å². The molecule has 19 heavy (non-hydrogen) atoms. The lowest BCUT2D eigenvalue weighted by Crippen LogP contribution is -2.42. The minimum Gasteiger partial charge on any atom is -0.314 e. The van der Waals surface area contributed by atoms with Crippen LogP contribution in [0.3, 0.4) is 0 Å². The molecule has 5 heteroatoms. The average Bonchev–Trinajstić information content (AvgIpc) is 3.11. The number of unbranched alkanes of at least 4 members (excludes halogenated alkanes) is 1. The van der Waals surface area contributed by atoms with Gasteiger partial charge in [-0.15, -0.1) is 0 Å². The van der Waals surface area contributed by atoms with Crippen LogP contribution in [0.2, 0.25) is 0 Å². The quantitative estimate of drug-likeness (QED) is 0.605. The maximum absolute atomic E-state index is 11.9. The van der Waals surface area contributed by atoms with Crippen LogP contribution in [-0.4, -0.2) is 33.3 Å². The van der Waals surface area contributed by atoms with Crippen molar-refractivity contribution in [1.82, 2.24) is 10.0 Å². The zero-order valence-electron chi connectivity index (χ0n) is 12.1. The van der Waals surface area contributed by atoms with Gasteiger partial charge < -0.3 is 5.32 Å². The molecular weight excluding hydrogens is 260 g/mol. The fraction of sp³-hybridized carbons (Fsp3) is 1.00. The molecule has 0 aliphatic heterocycles. The fourth-order valence-corrected chi connectivity index (χ4v) is 3.93. The zero-order chi connectivity index (χ0) is 13.8. The average molecular weight is 288 g/mol. The van der Waals surface area contributed by atoms with Crippen LogP contribution in [-0.2, 0) is 10.0 Å². The minimum atomic E-state index is -3.06. The molecular formula is C14H28N2O2S. The molecule has 112 valence electrons. The van der Waals surface area contributed by atoms with E-state index in [2.05, 4.69) is 17.0 Å². The third-order valence-corrected chi connectivity index (χ3v) is 6.09. The Morgan fingerprint density at radius 2 is 1.95 bits per heavy atom. The van der Waals surface area contributed by atoms with E-state index in [1.807, 2.05) is 0 Å². The summed E-state index contributed by atoms with van der Waals surface area (Å²) in [5.41, 5.74) is 0.264. The van der Waals surface area contributed by atoms with Crippen LogP contribution in [0.5, 0.6) is 0 Å². The summed E-state index contributed by atoms with van der Waals surface area (Å²) < 4.78 is 26.6. The van der Waals surface area contributed by atoms with Gasteiger partial charge in [0.1, 0.15) is 0 Å². The first-order valence-corrected chi connectivity index (χ1v) is 9.41. The lowest BCUT2D eigenvalue weighted by molar-refractivity contribution is 0.133. The van der Waals surface area contributed by atoms with Crippen LogP contribution in [0.25, 0.3) is 0 Å². The Morgan fingerprint density at radius 3 is 2.47 bits per heavy atom. The molecule has 0 atom stereocenters. The standard InChI is InChI=1S/C14H28N2O2S/c1-2-14(8-5-9-14)12-16-19(17,18)11-4-3-10-15-13-6-7-13/h13,15-16H,2-12H2,1H3. The fourth-order valence-electron chi connectivity index (χ4n) is 2.68. The van der Waals surface area contributed by atoms with Crippen LogP contribution in [0, 0.1) is 5.41 Å². The molecule has 0 amide bonds. The SMILES string of the molecule is CCC1(CNS(=O)(=O)CCCCNC2CC2)CCC1. The smallest absolute Gasteiger partial charge is 0.211 e. The molecule has 2 aliphatic carbocycles. The van der Waals surface area contributed by atoms with E-state index in [0.717, 1.165) is 31.8 Å². The molecule has 0 aromatic rings. The molecule has 2 aliphatic rings. The molecule has 0 aromatic carbocycles. The summed E-state index contributed by atoms with van der Waals surface area (Å²) in [5.74, 6) is 0.277. The number of hydrogen-bond donors (Lipinski definition) is 2. The highest BCUT2D eigenvalue weighted by molar-refractivity contribution is 7.89. The highest BCUT2D eigenvalue weighted by atomic mass is 32.2. The Kier molecular flexibility index (Phi) is 5.26. The van der Waals surface area contributed by atoms with Crippen molar-refractivity contribution in [2.45, 2.75) is 64.3 Å². The summed E-state index contributed by atoms with van der Waals surface area (Å²) in [7, 11) is -3.06. The molecule has 0 unspecified atom stereocenters. The van der Waals surface area contributed by atoms with E-state index < -0.39 is 10.0 Å². The summed E-state index contributed by atoms with van der Waals surface area (Å²) in [4.78, 5) is 0. The minimum absolute atomic E-state index is 0.264. The molecule has 0 radical (unpaired) electrons.